The van der Waals surface area contributed by atoms with Gasteiger partial charge in [0.05, 0.1) is 4.88 Å². The lowest BCUT2D eigenvalue weighted by molar-refractivity contribution is 0.0980. The van der Waals surface area contributed by atoms with Gasteiger partial charge in [-0.1, -0.05) is 0 Å². The van der Waals surface area contributed by atoms with Crippen LogP contribution < -0.4 is 5.32 Å². The topological polar surface area (TPSA) is 35.6 Å². The van der Waals surface area contributed by atoms with Crippen LogP contribution in [0.1, 0.15) is 28.6 Å². The molecule has 7 heteroatoms. The third-order valence-electron chi connectivity index (χ3n) is 4.36. The molecule has 2 fully saturated rings. The summed E-state index contributed by atoms with van der Waals surface area (Å²) < 4.78 is 0. The molecule has 22 heavy (non-hydrogen) atoms. The normalized spacial score (nSPS) is 22.9. The maximum Gasteiger partial charge on any atom is 0.169 e. The molecule has 0 aromatic carbocycles. The molecule has 0 amide bonds. The van der Waals surface area contributed by atoms with Gasteiger partial charge in [0.1, 0.15) is 0 Å². The van der Waals surface area contributed by atoms with Crippen molar-refractivity contribution in [1.82, 2.24) is 15.1 Å². The monoisotopic (exact) mass is 365 g/mol. The summed E-state index contributed by atoms with van der Waals surface area (Å²) in [6, 6.07) is 2.81. The molecule has 0 spiro atoms. The van der Waals surface area contributed by atoms with Crippen molar-refractivity contribution in [3.05, 3.63) is 21.9 Å². The number of hydrogen-bond acceptors (Lipinski definition) is 5. The van der Waals surface area contributed by atoms with Crippen molar-refractivity contribution >= 4 is 41.9 Å². The number of carbonyl (C=O) groups excluding carboxylic acids is 1. The van der Waals surface area contributed by atoms with E-state index in [0.29, 0.717) is 0 Å². The molecule has 1 aromatic rings. The summed E-state index contributed by atoms with van der Waals surface area (Å²) in [6.45, 7) is 9.60. The van der Waals surface area contributed by atoms with Gasteiger partial charge < -0.3 is 5.32 Å². The molecule has 1 atom stereocenters. The van der Waals surface area contributed by atoms with E-state index in [1.165, 1.54) is 31.6 Å². The molecule has 0 aliphatic carbocycles. The Morgan fingerprint density at radius 2 is 2.05 bits per heavy atom. The van der Waals surface area contributed by atoms with E-state index < -0.39 is 0 Å². The van der Waals surface area contributed by atoms with Crippen LogP contribution in [0.15, 0.2) is 11.4 Å². The zero-order chi connectivity index (χ0) is 13.9. The molecule has 1 N–H and O–H groups in total. The minimum Gasteiger partial charge on any atom is -0.315 e. The number of nitrogens with zero attached hydrogens (tertiary/aromatic N) is 2. The standard InChI is InChI=1S/C15H23N3OS.2ClH/c1-12(19)15-8-13(11-20-15)10-17-4-6-18(7-5-17)14-2-3-16-9-14;;/h8,11,14,16H,2-7,9-10H2,1H3;2*1H. The number of hydrogen-bond donors (Lipinski definition) is 1. The third-order valence-corrected chi connectivity index (χ3v) is 5.44. The van der Waals surface area contributed by atoms with Crippen LogP contribution in [0.3, 0.4) is 0 Å². The summed E-state index contributed by atoms with van der Waals surface area (Å²) in [6.07, 6.45) is 1.30. The molecule has 2 aliphatic rings. The lowest BCUT2D eigenvalue weighted by atomic mass is 10.1. The average molecular weight is 366 g/mol. The Balaban J connectivity index is 0.00000121. The van der Waals surface area contributed by atoms with Crippen LogP contribution in [0.5, 0.6) is 0 Å². The number of nitrogens with one attached hydrogen (secondary N) is 1. The SMILES string of the molecule is CC(=O)c1cc(CN2CCN(C3CCNC3)CC2)cs1.Cl.Cl. The number of Topliss-reactive ketones (excluding diaryl/α,β-unsaturated/α-hetero) is 1. The van der Waals surface area contributed by atoms with Gasteiger partial charge in [-0.3, -0.25) is 14.6 Å². The largest absolute Gasteiger partial charge is 0.315 e. The van der Waals surface area contributed by atoms with Crippen LogP contribution in [0.4, 0.5) is 0 Å². The molecule has 0 bridgehead atoms. The first-order chi connectivity index (χ1) is 9.72. The number of carbonyl (C=O) groups is 1. The minimum absolute atomic E-state index is 0. The van der Waals surface area contributed by atoms with Crippen LogP contribution >= 0.6 is 36.2 Å². The second-order valence-electron chi connectivity index (χ2n) is 5.83. The summed E-state index contributed by atoms with van der Waals surface area (Å²) in [4.78, 5) is 17.3. The van der Waals surface area contributed by atoms with Crippen molar-refractivity contribution in [2.75, 3.05) is 39.3 Å². The Hall–Kier alpha value is -0.170. The van der Waals surface area contributed by atoms with Gasteiger partial charge in [-0.25, -0.2) is 0 Å². The van der Waals surface area contributed by atoms with Crippen molar-refractivity contribution in [1.29, 1.82) is 0 Å². The molecule has 0 radical (unpaired) electrons. The molecule has 1 unspecified atom stereocenters. The molecule has 3 rings (SSSR count). The maximum absolute atomic E-state index is 11.3. The van der Waals surface area contributed by atoms with Crippen LogP contribution in [-0.4, -0.2) is 60.9 Å². The zero-order valence-electron chi connectivity index (χ0n) is 12.9. The first-order valence-electron chi connectivity index (χ1n) is 7.48. The smallest absolute Gasteiger partial charge is 0.169 e. The van der Waals surface area contributed by atoms with Gasteiger partial charge >= 0.3 is 0 Å². The highest BCUT2D eigenvalue weighted by Crippen LogP contribution is 2.18. The van der Waals surface area contributed by atoms with E-state index in [-0.39, 0.29) is 30.6 Å². The van der Waals surface area contributed by atoms with Crippen LogP contribution in [0.25, 0.3) is 0 Å². The van der Waals surface area contributed by atoms with Crippen molar-refractivity contribution in [3.63, 3.8) is 0 Å². The Morgan fingerprint density at radius 3 is 2.59 bits per heavy atom. The molecule has 2 aliphatic heterocycles. The summed E-state index contributed by atoms with van der Waals surface area (Å²) in [5.41, 5.74) is 1.29. The van der Waals surface area contributed by atoms with E-state index in [9.17, 15) is 4.79 Å². The Bertz CT molecular complexity index is 469. The van der Waals surface area contributed by atoms with E-state index >= 15 is 0 Å². The minimum atomic E-state index is 0. The van der Waals surface area contributed by atoms with Crippen molar-refractivity contribution < 1.29 is 4.79 Å². The zero-order valence-corrected chi connectivity index (χ0v) is 15.4. The van der Waals surface area contributed by atoms with Gasteiger partial charge in [0.25, 0.3) is 0 Å². The van der Waals surface area contributed by atoms with Crippen molar-refractivity contribution in [3.8, 4) is 0 Å². The Labute approximate surface area is 149 Å². The van der Waals surface area contributed by atoms with E-state index in [0.717, 1.165) is 37.1 Å². The predicted octanol–water partition coefficient (Wildman–Crippen LogP) is 2.27. The van der Waals surface area contributed by atoms with E-state index in [2.05, 4.69) is 26.6 Å². The molecular formula is C15H25Cl2N3OS. The van der Waals surface area contributed by atoms with Gasteiger partial charge in [-0.05, 0) is 36.9 Å². The van der Waals surface area contributed by atoms with E-state index in [4.69, 9.17) is 0 Å². The number of piperazine rings is 1. The molecule has 3 heterocycles. The van der Waals surface area contributed by atoms with Crippen LogP contribution in [-0.2, 0) is 6.54 Å². The highest BCUT2D eigenvalue weighted by atomic mass is 35.5. The molecule has 4 nitrogen and oxygen atoms in total. The van der Waals surface area contributed by atoms with Gasteiger partial charge in [0.2, 0.25) is 0 Å². The average Bonchev–Trinajstić information content (AvgIpc) is 3.10. The second kappa shape index (κ2) is 9.21. The quantitative estimate of drug-likeness (QED) is 0.830. The fourth-order valence-corrected chi connectivity index (χ4v) is 3.95. The van der Waals surface area contributed by atoms with Crippen LogP contribution in [0.2, 0.25) is 0 Å². The highest BCUT2D eigenvalue weighted by molar-refractivity contribution is 7.12. The second-order valence-corrected chi connectivity index (χ2v) is 6.75. The summed E-state index contributed by atoms with van der Waals surface area (Å²) in [5.74, 6) is 0.180. The highest BCUT2D eigenvalue weighted by Gasteiger charge is 2.25. The lowest BCUT2D eigenvalue weighted by Gasteiger charge is -2.37. The summed E-state index contributed by atoms with van der Waals surface area (Å²) in [7, 11) is 0. The molecule has 0 saturated carbocycles. The molecule has 1 aromatic heterocycles. The fraction of sp³-hybridized carbons (Fsp3) is 0.667. The summed E-state index contributed by atoms with van der Waals surface area (Å²) >= 11 is 1.57. The predicted molar refractivity (Wildman–Crippen MR) is 96.9 cm³/mol. The first-order valence-corrected chi connectivity index (χ1v) is 8.36. The van der Waals surface area contributed by atoms with Gasteiger partial charge in [0.15, 0.2) is 5.78 Å². The molecule has 126 valence electrons. The van der Waals surface area contributed by atoms with Gasteiger partial charge in [-0.2, -0.15) is 0 Å². The third kappa shape index (κ3) is 4.91. The van der Waals surface area contributed by atoms with Gasteiger partial charge in [-0.15, -0.1) is 36.2 Å². The Kier molecular flexibility index (Phi) is 8.32. The number of rotatable bonds is 4. The molecule has 2 saturated heterocycles. The van der Waals surface area contributed by atoms with Crippen molar-refractivity contribution in [2.45, 2.75) is 25.9 Å². The number of halogens is 2. The molecular weight excluding hydrogens is 341 g/mol. The lowest BCUT2D eigenvalue weighted by Crippen LogP contribution is -2.50. The summed E-state index contributed by atoms with van der Waals surface area (Å²) in [5, 5.41) is 5.58. The van der Waals surface area contributed by atoms with Crippen LogP contribution in [0, 0.1) is 0 Å². The van der Waals surface area contributed by atoms with E-state index in [1.54, 1.807) is 18.3 Å². The van der Waals surface area contributed by atoms with Crippen molar-refractivity contribution in [2.24, 2.45) is 0 Å². The Morgan fingerprint density at radius 1 is 1.32 bits per heavy atom. The number of ketones is 1. The first kappa shape index (κ1) is 19.9. The maximum atomic E-state index is 11.3. The van der Waals surface area contributed by atoms with Gasteiger partial charge in [0, 0.05) is 45.3 Å². The van der Waals surface area contributed by atoms with E-state index in [1.807, 2.05) is 0 Å². The fourth-order valence-electron chi connectivity index (χ4n) is 3.14. The number of thiophene rings is 1.